The molecule has 0 fully saturated rings. The second-order valence-corrected chi connectivity index (χ2v) is 5.64. The van der Waals surface area contributed by atoms with Gasteiger partial charge in [-0.05, 0) is 36.1 Å². The van der Waals surface area contributed by atoms with Crippen LogP contribution in [0.15, 0.2) is 35.7 Å². The summed E-state index contributed by atoms with van der Waals surface area (Å²) < 4.78 is 0. The van der Waals surface area contributed by atoms with Gasteiger partial charge in [-0.1, -0.05) is 23.7 Å². The molecule has 0 aliphatic heterocycles. The zero-order valence-corrected chi connectivity index (χ0v) is 12.2. The Labute approximate surface area is 125 Å². The van der Waals surface area contributed by atoms with Crippen molar-refractivity contribution in [1.82, 2.24) is 5.32 Å². The molecular formula is C14H12ClNO3S. The summed E-state index contributed by atoms with van der Waals surface area (Å²) in [5.41, 5.74) is 1.11. The molecule has 0 aliphatic carbocycles. The summed E-state index contributed by atoms with van der Waals surface area (Å²) in [6, 6.07) is 7.29. The van der Waals surface area contributed by atoms with Gasteiger partial charge < -0.3 is 10.4 Å². The molecule has 1 atom stereocenters. The Morgan fingerprint density at radius 2 is 2.10 bits per heavy atom. The standard InChI is InChI=1S/C14H12ClNO3S/c1-8-4-5-9(15)7-10(8)13(17)16-12(14(18)19)11-3-2-6-20-11/h2-7,12H,1H3,(H,16,17)(H,18,19). The molecule has 1 aromatic heterocycles. The maximum atomic E-state index is 12.2. The van der Waals surface area contributed by atoms with Gasteiger partial charge in [-0.3, -0.25) is 4.79 Å². The number of carbonyl (C=O) groups is 2. The van der Waals surface area contributed by atoms with Crippen LogP contribution in [0.2, 0.25) is 5.02 Å². The van der Waals surface area contributed by atoms with Crippen molar-refractivity contribution in [3.63, 3.8) is 0 Å². The predicted molar refractivity (Wildman–Crippen MR) is 78.4 cm³/mol. The Balaban J connectivity index is 2.25. The quantitative estimate of drug-likeness (QED) is 0.911. The third kappa shape index (κ3) is 3.18. The van der Waals surface area contributed by atoms with E-state index in [0.29, 0.717) is 15.5 Å². The van der Waals surface area contributed by atoms with Crippen LogP contribution < -0.4 is 5.32 Å². The second kappa shape index (κ2) is 6.07. The maximum Gasteiger partial charge on any atom is 0.331 e. The molecular weight excluding hydrogens is 298 g/mol. The number of aryl methyl sites for hydroxylation is 1. The van der Waals surface area contributed by atoms with Gasteiger partial charge in [0.1, 0.15) is 0 Å². The minimum atomic E-state index is -1.10. The Morgan fingerprint density at radius 3 is 2.70 bits per heavy atom. The lowest BCUT2D eigenvalue weighted by molar-refractivity contribution is -0.139. The number of aliphatic carboxylic acids is 1. The van der Waals surface area contributed by atoms with Gasteiger partial charge >= 0.3 is 5.97 Å². The molecule has 0 saturated heterocycles. The van der Waals surface area contributed by atoms with Crippen LogP contribution in [0, 0.1) is 6.92 Å². The first-order chi connectivity index (χ1) is 9.49. The van der Waals surface area contributed by atoms with E-state index >= 15 is 0 Å². The number of carboxylic acid groups (broad SMARTS) is 1. The fraction of sp³-hybridized carbons (Fsp3) is 0.143. The molecule has 20 heavy (non-hydrogen) atoms. The number of hydrogen-bond acceptors (Lipinski definition) is 3. The first-order valence-electron chi connectivity index (χ1n) is 5.82. The van der Waals surface area contributed by atoms with E-state index in [1.165, 1.54) is 17.4 Å². The zero-order valence-electron chi connectivity index (χ0n) is 10.6. The van der Waals surface area contributed by atoms with Crippen LogP contribution >= 0.6 is 22.9 Å². The van der Waals surface area contributed by atoms with Gasteiger partial charge in [0.2, 0.25) is 0 Å². The summed E-state index contributed by atoms with van der Waals surface area (Å²) >= 11 is 7.15. The summed E-state index contributed by atoms with van der Waals surface area (Å²) in [4.78, 5) is 24.1. The smallest absolute Gasteiger partial charge is 0.331 e. The number of rotatable bonds is 4. The van der Waals surface area contributed by atoms with E-state index in [9.17, 15) is 14.7 Å². The molecule has 1 heterocycles. The van der Waals surface area contributed by atoms with Crippen molar-refractivity contribution < 1.29 is 14.7 Å². The molecule has 4 nitrogen and oxygen atoms in total. The molecule has 0 aliphatic rings. The normalized spacial score (nSPS) is 11.9. The summed E-state index contributed by atoms with van der Waals surface area (Å²) in [6.07, 6.45) is 0. The van der Waals surface area contributed by atoms with Crippen LogP contribution in [-0.2, 0) is 4.79 Å². The fourth-order valence-electron chi connectivity index (χ4n) is 1.76. The van der Waals surface area contributed by atoms with Crippen LogP contribution in [-0.4, -0.2) is 17.0 Å². The Bertz CT molecular complexity index is 640. The largest absolute Gasteiger partial charge is 0.479 e. The maximum absolute atomic E-state index is 12.2. The highest BCUT2D eigenvalue weighted by molar-refractivity contribution is 7.10. The van der Waals surface area contributed by atoms with E-state index in [4.69, 9.17) is 11.6 Å². The first-order valence-corrected chi connectivity index (χ1v) is 7.08. The molecule has 0 radical (unpaired) electrons. The van der Waals surface area contributed by atoms with Crippen LogP contribution in [0.4, 0.5) is 0 Å². The molecule has 0 saturated carbocycles. The first kappa shape index (κ1) is 14.6. The van der Waals surface area contributed by atoms with Gasteiger partial charge in [0.25, 0.3) is 5.91 Å². The molecule has 6 heteroatoms. The fourth-order valence-corrected chi connectivity index (χ4v) is 2.70. The summed E-state index contributed by atoms with van der Waals surface area (Å²) in [7, 11) is 0. The number of halogens is 1. The van der Waals surface area contributed by atoms with Crippen LogP contribution in [0.5, 0.6) is 0 Å². The number of hydrogen-bond donors (Lipinski definition) is 2. The molecule has 1 unspecified atom stereocenters. The third-order valence-corrected chi connectivity index (χ3v) is 3.97. The van der Waals surface area contributed by atoms with Gasteiger partial charge in [0.05, 0.1) is 0 Å². The van der Waals surface area contributed by atoms with Crippen molar-refractivity contribution in [2.24, 2.45) is 0 Å². The van der Waals surface area contributed by atoms with Crippen molar-refractivity contribution >= 4 is 34.8 Å². The lowest BCUT2D eigenvalue weighted by Gasteiger charge is -2.14. The van der Waals surface area contributed by atoms with Crippen LogP contribution in [0.3, 0.4) is 0 Å². The van der Waals surface area contributed by atoms with Crippen LogP contribution in [0.1, 0.15) is 26.8 Å². The van der Waals surface area contributed by atoms with E-state index in [0.717, 1.165) is 5.56 Å². The second-order valence-electron chi connectivity index (χ2n) is 4.22. The zero-order chi connectivity index (χ0) is 14.7. The number of thiophene rings is 1. The Kier molecular flexibility index (Phi) is 4.42. The minimum absolute atomic E-state index is 0.375. The van der Waals surface area contributed by atoms with E-state index in [1.807, 2.05) is 0 Å². The van der Waals surface area contributed by atoms with E-state index < -0.39 is 17.9 Å². The Morgan fingerprint density at radius 1 is 1.35 bits per heavy atom. The van der Waals surface area contributed by atoms with Gasteiger partial charge in [0.15, 0.2) is 6.04 Å². The highest BCUT2D eigenvalue weighted by Gasteiger charge is 2.24. The lowest BCUT2D eigenvalue weighted by Crippen LogP contribution is -2.33. The highest BCUT2D eigenvalue weighted by Crippen LogP contribution is 2.21. The molecule has 2 aromatic rings. The van der Waals surface area contributed by atoms with E-state index in [1.54, 1.807) is 36.6 Å². The molecule has 2 rings (SSSR count). The SMILES string of the molecule is Cc1ccc(Cl)cc1C(=O)NC(C(=O)O)c1cccs1. The van der Waals surface area contributed by atoms with E-state index in [-0.39, 0.29) is 0 Å². The molecule has 1 amide bonds. The van der Waals surface area contributed by atoms with Crippen LogP contribution in [0.25, 0.3) is 0 Å². The highest BCUT2D eigenvalue weighted by atomic mass is 35.5. The van der Waals surface area contributed by atoms with Gasteiger partial charge in [-0.2, -0.15) is 0 Å². The molecule has 0 spiro atoms. The number of benzene rings is 1. The predicted octanol–water partition coefficient (Wildman–Crippen LogP) is 3.27. The summed E-state index contributed by atoms with van der Waals surface area (Å²) in [6.45, 7) is 1.77. The van der Waals surface area contributed by atoms with Crippen molar-refractivity contribution in [1.29, 1.82) is 0 Å². The van der Waals surface area contributed by atoms with Crippen molar-refractivity contribution in [2.45, 2.75) is 13.0 Å². The van der Waals surface area contributed by atoms with Crippen molar-refractivity contribution in [3.8, 4) is 0 Å². The third-order valence-electron chi connectivity index (χ3n) is 2.79. The topological polar surface area (TPSA) is 66.4 Å². The molecule has 104 valence electrons. The molecule has 0 bridgehead atoms. The monoisotopic (exact) mass is 309 g/mol. The average Bonchev–Trinajstić information content (AvgIpc) is 2.91. The Hall–Kier alpha value is -1.85. The number of nitrogens with one attached hydrogen (secondary N) is 1. The van der Waals surface area contributed by atoms with Gasteiger partial charge in [-0.25, -0.2) is 4.79 Å². The molecule has 1 aromatic carbocycles. The number of carboxylic acids is 1. The van der Waals surface area contributed by atoms with E-state index in [2.05, 4.69) is 5.32 Å². The lowest BCUT2D eigenvalue weighted by atomic mass is 10.1. The van der Waals surface area contributed by atoms with Crippen molar-refractivity contribution in [3.05, 3.63) is 56.7 Å². The summed E-state index contributed by atoms with van der Waals surface area (Å²) in [5, 5.41) is 13.9. The summed E-state index contributed by atoms with van der Waals surface area (Å²) in [5.74, 6) is -1.55. The van der Waals surface area contributed by atoms with Gasteiger partial charge in [-0.15, -0.1) is 11.3 Å². The number of amides is 1. The molecule has 2 N–H and O–H groups in total. The minimum Gasteiger partial charge on any atom is -0.479 e. The average molecular weight is 310 g/mol. The van der Waals surface area contributed by atoms with Crippen molar-refractivity contribution in [2.75, 3.05) is 0 Å². The van der Waals surface area contributed by atoms with Gasteiger partial charge in [0, 0.05) is 15.5 Å². The number of carbonyl (C=O) groups excluding carboxylic acids is 1.